The van der Waals surface area contributed by atoms with Gasteiger partial charge in [0.1, 0.15) is 0 Å². The third-order valence-corrected chi connectivity index (χ3v) is 1.56. The molecule has 0 saturated carbocycles. The van der Waals surface area contributed by atoms with Crippen molar-refractivity contribution in [3.8, 4) is 11.8 Å². The molecule has 0 radical (unpaired) electrons. The van der Waals surface area contributed by atoms with E-state index in [0.717, 1.165) is 5.56 Å². The molecule has 0 spiro atoms. The Hall–Kier alpha value is -0.640. The summed E-state index contributed by atoms with van der Waals surface area (Å²) in [5.41, 5.74) is 2.13. The Bertz CT molecular complexity index is 318. The first-order valence-corrected chi connectivity index (χ1v) is 4.42. The number of hydrogen-bond acceptors (Lipinski definition) is 0. The zero-order valence-corrected chi connectivity index (χ0v) is 8.15. The number of aryl methyl sites for hydroxylation is 1. The van der Waals surface area contributed by atoms with Crippen LogP contribution in [0.25, 0.3) is 0 Å². The van der Waals surface area contributed by atoms with Crippen LogP contribution in [0.5, 0.6) is 0 Å². The molecular formula is C10H8Cl2. The van der Waals surface area contributed by atoms with E-state index in [-0.39, 0.29) is 0 Å². The van der Waals surface area contributed by atoms with Gasteiger partial charge < -0.3 is 0 Å². The molecule has 0 saturated heterocycles. The minimum atomic E-state index is -0.606. The lowest BCUT2D eigenvalue weighted by Gasteiger charge is -1.92. The lowest BCUT2D eigenvalue weighted by atomic mass is 10.1. The van der Waals surface area contributed by atoms with Crippen LogP contribution in [0.1, 0.15) is 11.1 Å². The number of hydrogen-bond donors (Lipinski definition) is 0. The number of benzene rings is 1. The molecule has 0 heterocycles. The van der Waals surface area contributed by atoms with Crippen LogP contribution >= 0.6 is 23.2 Å². The van der Waals surface area contributed by atoms with Crippen molar-refractivity contribution in [1.82, 2.24) is 0 Å². The van der Waals surface area contributed by atoms with Crippen molar-refractivity contribution in [1.29, 1.82) is 0 Å². The third kappa shape index (κ3) is 3.17. The van der Waals surface area contributed by atoms with Gasteiger partial charge in [0.25, 0.3) is 0 Å². The molecule has 0 aromatic heterocycles. The standard InChI is InChI=1S/C10H8Cl2/c1-8-3-2-4-9(7-8)5-6-10(11)12/h2-4,7,10H,1H3. The molecule has 0 atom stereocenters. The fourth-order valence-corrected chi connectivity index (χ4v) is 0.970. The van der Waals surface area contributed by atoms with Crippen molar-refractivity contribution >= 4 is 23.2 Å². The topological polar surface area (TPSA) is 0 Å². The van der Waals surface area contributed by atoms with Crippen molar-refractivity contribution in [2.24, 2.45) is 0 Å². The predicted molar refractivity (Wildman–Crippen MR) is 53.6 cm³/mol. The molecule has 0 nitrogen and oxygen atoms in total. The summed E-state index contributed by atoms with van der Waals surface area (Å²) in [4.78, 5) is -0.606. The molecule has 0 bridgehead atoms. The average molecular weight is 199 g/mol. The average Bonchev–Trinajstić information content (AvgIpc) is 2.01. The second-order valence-electron chi connectivity index (χ2n) is 2.44. The Morgan fingerprint density at radius 1 is 1.33 bits per heavy atom. The monoisotopic (exact) mass is 198 g/mol. The maximum atomic E-state index is 5.46. The van der Waals surface area contributed by atoms with Gasteiger partial charge in [0.2, 0.25) is 0 Å². The highest BCUT2D eigenvalue weighted by Crippen LogP contribution is 2.03. The van der Waals surface area contributed by atoms with Gasteiger partial charge in [-0.05, 0) is 24.6 Å². The smallest absolute Gasteiger partial charge is 0.0909 e. The van der Waals surface area contributed by atoms with Crippen molar-refractivity contribution in [2.75, 3.05) is 0 Å². The lowest BCUT2D eigenvalue weighted by molar-refractivity contribution is 1.45. The molecule has 0 aliphatic carbocycles. The first-order valence-electron chi connectivity index (χ1n) is 3.55. The molecular weight excluding hydrogens is 191 g/mol. The van der Waals surface area contributed by atoms with E-state index < -0.39 is 4.84 Å². The molecule has 0 aliphatic rings. The normalized spacial score (nSPS) is 9.33. The van der Waals surface area contributed by atoms with Crippen molar-refractivity contribution in [3.05, 3.63) is 35.4 Å². The van der Waals surface area contributed by atoms with Crippen molar-refractivity contribution in [3.63, 3.8) is 0 Å². The van der Waals surface area contributed by atoms with E-state index in [1.165, 1.54) is 5.56 Å². The van der Waals surface area contributed by atoms with Crippen LogP contribution in [-0.4, -0.2) is 4.84 Å². The van der Waals surface area contributed by atoms with Crippen molar-refractivity contribution in [2.45, 2.75) is 11.8 Å². The van der Waals surface area contributed by atoms with Gasteiger partial charge in [0, 0.05) is 5.56 Å². The van der Waals surface area contributed by atoms with Crippen LogP contribution in [0.2, 0.25) is 0 Å². The zero-order chi connectivity index (χ0) is 8.97. The van der Waals surface area contributed by atoms with Gasteiger partial charge in [-0.25, -0.2) is 0 Å². The Morgan fingerprint density at radius 3 is 2.67 bits per heavy atom. The summed E-state index contributed by atoms with van der Waals surface area (Å²) in [5, 5.41) is 0. The Labute approximate surface area is 82.5 Å². The Morgan fingerprint density at radius 2 is 2.08 bits per heavy atom. The predicted octanol–water partition coefficient (Wildman–Crippen LogP) is 3.15. The molecule has 12 heavy (non-hydrogen) atoms. The van der Waals surface area contributed by atoms with E-state index in [9.17, 15) is 0 Å². The van der Waals surface area contributed by atoms with Gasteiger partial charge in [-0.1, -0.05) is 47.2 Å². The minimum Gasteiger partial charge on any atom is -0.0909 e. The maximum Gasteiger partial charge on any atom is 0.168 e. The number of rotatable bonds is 0. The second-order valence-corrected chi connectivity index (χ2v) is 3.54. The Kier molecular flexibility index (Phi) is 3.47. The van der Waals surface area contributed by atoms with Gasteiger partial charge in [0.05, 0.1) is 0 Å². The van der Waals surface area contributed by atoms with E-state index in [1.807, 2.05) is 31.2 Å². The van der Waals surface area contributed by atoms with E-state index >= 15 is 0 Å². The summed E-state index contributed by atoms with van der Waals surface area (Å²) in [5.74, 6) is 5.54. The highest BCUT2D eigenvalue weighted by molar-refractivity contribution is 6.46. The quantitative estimate of drug-likeness (QED) is 0.444. The summed E-state index contributed by atoms with van der Waals surface area (Å²) in [7, 11) is 0. The van der Waals surface area contributed by atoms with Crippen LogP contribution in [0, 0.1) is 18.8 Å². The zero-order valence-electron chi connectivity index (χ0n) is 6.64. The fourth-order valence-electron chi connectivity index (χ4n) is 0.861. The summed E-state index contributed by atoms with van der Waals surface area (Å²) >= 11 is 10.9. The summed E-state index contributed by atoms with van der Waals surface area (Å²) in [6.45, 7) is 2.02. The van der Waals surface area contributed by atoms with Crippen LogP contribution in [0.3, 0.4) is 0 Å². The van der Waals surface area contributed by atoms with Crippen LogP contribution in [-0.2, 0) is 0 Å². The molecule has 0 unspecified atom stereocenters. The first kappa shape index (κ1) is 9.45. The molecule has 0 fully saturated rings. The second kappa shape index (κ2) is 4.40. The number of alkyl halides is 2. The SMILES string of the molecule is Cc1cccc(C#CC(Cl)Cl)c1. The van der Waals surface area contributed by atoms with Gasteiger partial charge in [-0.3, -0.25) is 0 Å². The Balaban J connectivity index is 2.85. The summed E-state index contributed by atoms with van der Waals surface area (Å²) < 4.78 is 0. The fraction of sp³-hybridized carbons (Fsp3) is 0.200. The van der Waals surface area contributed by atoms with E-state index in [0.29, 0.717) is 0 Å². The van der Waals surface area contributed by atoms with E-state index in [2.05, 4.69) is 11.8 Å². The highest BCUT2D eigenvalue weighted by Gasteiger charge is 1.89. The first-order chi connectivity index (χ1) is 5.68. The molecule has 0 amide bonds. The van der Waals surface area contributed by atoms with Crippen LogP contribution in [0.15, 0.2) is 24.3 Å². The maximum absolute atomic E-state index is 5.46. The summed E-state index contributed by atoms with van der Waals surface area (Å²) in [6.07, 6.45) is 0. The summed E-state index contributed by atoms with van der Waals surface area (Å²) in [6, 6.07) is 7.89. The van der Waals surface area contributed by atoms with Crippen LogP contribution in [0.4, 0.5) is 0 Å². The molecule has 0 aliphatic heterocycles. The van der Waals surface area contributed by atoms with Crippen molar-refractivity contribution < 1.29 is 0 Å². The van der Waals surface area contributed by atoms with Crippen LogP contribution < -0.4 is 0 Å². The van der Waals surface area contributed by atoms with E-state index in [1.54, 1.807) is 0 Å². The van der Waals surface area contributed by atoms with Gasteiger partial charge in [-0.2, -0.15) is 0 Å². The largest absolute Gasteiger partial charge is 0.168 e. The van der Waals surface area contributed by atoms with Gasteiger partial charge in [0.15, 0.2) is 4.84 Å². The third-order valence-electron chi connectivity index (χ3n) is 1.34. The number of halogens is 2. The molecule has 2 heteroatoms. The minimum absolute atomic E-state index is 0.606. The lowest BCUT2D eigenvalue weighted by Crippen LogP contribution is -1.79. The highest BCUT2D eigenvalue weighted by atomic mass is 35.5. The molecule has 0 N–H and O–H groups in total. The molecule has 1 rings (SSSR count). The molecule has 1 aromatic rings. The van der Waals surface area contributed by atoms with Gasteiger partial charge in [-0.15, -0.1) is 0 Å². The molecule has 62 valence electrons. The van der Waals surface area contributed by atoms with E-state index in [4.69, 9.17) is 23.2 Å². The molecule has 1 aromatic carbocycles. The van der Waals surface area contributed by atoms with Gasteiger partial charge >= 0.3 is 0 Å².